The molecule has 0 aliphatic carbocycles. The van der Waals surface area contributed by atoms with E-state index in [0.717, 1.165) is 0 Å². The second kappa shape index (κ2) is 4.66. The molecule has 0 aliphatic heterocycles. The number of hydrogen-bond donors (Lipinski definition) is 4. The minimum atomic E-state index is -2.94. The molecule has 0 aromatic rings. The molecule has 0 atom stereocenters. The van der Waals surface area contributed by atoms with Gasteiger partial charge in [-0.15, -0.1) is 0 Å². The number of carboxylic acid groups (broad SMARTS) is 2. The molecule has 0 rings (SSSR count). The molecule has 0 radical (unpaired) electrons. The van der Waals surface area contributed by atoms with Crippen molar-refractivity contribution >= 4 is 6.16 Å². The van der Waals surface area contributed by atoms with Gasteiger partial charge in [-0.05, 0) is 6.16 Å². The molecule has 0 aliphatic rings. The molecule has 9 heavy (non-hydrogen) atoms. The molecule has 0 aromatic heterocycles. The van der Waals surface area contributed by atoms with Crippen LogP contribution in [0.2, 0.25) is 0 Å². The maximum atomic E-state index is 8.33. The molecular weight excluding hydrogens is 311 g/mol. The fourth-order valence-corrected chi connectivity index (χ4v) is 0. The first-order valence-corrected chi connectivity index (χ1v) is 6.59. The van der Waals surface area contributed by atoms with E-state index < -0.39 is 23.2 Å². The predicted molar refractivity (Wildman–Crippen MR) is 22.1 cm³/mol. The van der Waals surface area contributed by atoms with Gasteiger partial charge < -0.3 is 15.0 Å². The topological polar surface area (TPSA) is 167 Å². The average Bonchev–Trinajstić information content (AvgIpc) is 1.19. The Morgan fingerprint density at radius 1 is 1.11 bits per heavy atom. The quantitative estimate of drug-likeness (QED) is 0.347. The van der Waals surface area contributed by atoms with Crippen LogP contribution in [0.15, 0.2) is 0 Å². The van der Waals surface area contributed by atoms with Gasteiger partial charge in [-0.2, -0.15) is 0 Å². The summed E-state index contributed by atoms with van der Waals surface area (Å²) in [6.45, 7) is 0. The SMILES string of the molecule is O=C([O-])[O-].[NH2][Pt+2]([NH2])([NH2])[NH2]. The molecule has 0 amide bonds. The average molecular weight is 319 g/mol. The summed E-state index contributed by atoms with van der Waals surface area (Å²) in [7, 11) is 0. The van der Waals surface area contributed by atoms with Gasteiger partial charge in [0.2, 0.25) is 0 Å². The maximum absolute atomic E-state index is 8.33. The third-order valence-corrected chi connectivity index (χ3v) is 0. The number of carbonyl (C=O) groups excluding carboxylic acids is 1. The van der Waals surface area contributed by atoms with Gasteiger partial charge in [0.15, 0.2) is 0 Å². The summed E-state index contributed by atoms with van der Waals surface area (Å²) < 4.78 is 19.5. The van der Waals surface area contributed by atoms with Crippen molar-refractivity contribution in [2.45, 2.75) is 0 Å². The van der Waals surface area contributed by atoms with Crippen molar-refractivity contribution in [1.82, 2.24) is 0 Å². The first kappa shape index (κ1) is 11.6. The van der Waals surface area contributed by atoms with Gasteiger partial charge in [-0.3, -0.25) is 0 Å². The Bertz CT molecular complexity index is 78.3. The molecule has 7 nitrogen and oxygen atoms in total. The molecule has 0 heterocycles. The summed E-state index contributed by atoms with van der Waals surface area (Å²) in [5.41, 5.74) is 0. The Balaban J connectivity index is 0. The van der Waals surface area contributed by atoms with Crippen molar-refractivity contribution < 1.29 is 32.1 Å². The molecule has 0 aromatic carbocycles. The van der Waals surface area contributed by atoms with E-state index in [-0.39, 0.29) is 0 Å². The van der Waals surface area contributed by atoms with Gasteiger partial charge in [0.1, 0.15) is 0 Å². The molecule has 60 valence electrons. The van der Waals surface area contributed by atoms with Crippen LogP contribution in [-0.2, 0) is 17.1 Å². The fourth-order valence-electron chi connectivity index (χ4n) is 0. The Kier molecular flexibility index (Phi) is 5.99. The first-order chi connectivity index (χ1) is 3.73. The molecule has 8 N–H and O–H groups in total. The summed E-state index contributed by atoms with van der Waals surface area (Å²) in [6.07, 6.45) is -2.33. The van der Waals surface area contributed by atoms with E-state index in [2.05, 4.69) is 0 Å². The van der Waals surface area contributed by atoms with Crippen LogP contribution >= 0.6 is 0 Å². The van der Waals surface area contributed by atoms with Gasteiger partial charge in [0.25, 0.3) is 0 Å². The van der Waals surface area contributed by atoms with Crippen molar-refractivity contribution in [3.63, 3.8) is 0 Å². The van der Waals surface area contributed by atoms with Crippen molar-refractivity contribution in [2.75, 3.05) is 0 Å². The van der Waals surface area contributed by atoms with Crippen LogP contribution in [0, 0.1) is 0 Å². The molecule has 0 saturated heterocycles. The number of hydrogen-bond acceptors (Lipinski definition) is 7. The Morgan fingerprint density at radius 2 is 1.11 bits per heavy atom. The van der Waals surface area contributed by atoms with Gasteiger partial charge >= 0.3 is 34.2 Å². The molecule has 0 spiro atoms. The Hall–Kier alpha value is -0.202. The zero-order valence-electron chi connectivity index (χ0n) is 4.35. The number of rotatable bonds is 0. The third-order valence-electron chi connectivity index (χ3n) is 0. The second-order valence-corrected chi connectivity index (χ2v) is 5.43. The predicted octanol–water partition coefficient (Wildman–Crippen LogP) is -4.81. The van der Waals surface area contributed by atoms with E-state index >= 15 is 0 Å². The van der Waals surface area contributed by atoms with E-state index in [0.29, 0.717) is 0 Å². The summed E-state index contributed by atoms with van der Waals surface area (Å²) in [5.74, 6) is 0. The van der Waals surface area contributed by atoms with Crippen LogP contribution in [0.1, 0.15) is 0 Å². The van der Waals surface area contributed by atoms with Crippen molar-refractivity contribution in [3.8, 4) is 0 Å². The van der Waals surface area contributed by atoms with Crippen LogP contribution in [0.3, 0.4) is 0 Å². The van der Waals surface area contributed by atoms with E-state index in [1.807, 2.05) is 0 Å². The van der Waals surface area contributed by atoms with Gasteiger partial charge in [-0.1, -0.05) is 0 Å². The van der Waals surface area contributed by atoms with Crippen molar-refractivity contribution in [1.29, 1.82) is 0 Å². The second-order valence-electron chi connectivity index (χ2n) is 0.882. The minimum absolute atomic E-state index is 2.33. The van der Waals surface area contributed by atoms with Crippen LogP contribution in [0.25, 0.3) is 0 Å². The Labute approximate surface area is 56.0 Å². The number of carbonyl (C=O) groups is 1. The van der Waals surface area contributed by atoms with Crippen LogP contribution < -0.4 is 27.4 Å². The molecule has 0 saturated carbocycles. The van der Waals surface area contributed by atoms with E-state index in [1.165, 1.54) is 0 Å². The molecular formula is CH8N4O3Pt. The van der Waals surface area contributed by atoms with Gasteiger partial charge in [-0.25, -0.2) is 0 Å². The summed E-state index contributed by atoms with van der Waals surface area (Å²) in [6, 6.07) is 0. The van der Waals surface area contributed by atoms with Crippen LogP contribution in [0.5, 0.6) is 0 Å². The van der Waals surface area contributed by atoms with Crippen LogP contribution in [0.4, 0.5) is 4.79 Å². The van der Waals surface area contributed by atoms with Gasteiger partial charge in [0.05, 0.1) is 0 Å². The molecule has 0 unspecified atom stereocenters. The van der Waals surface area contributed by atoms with Crippen molar-refractivity contribution in [3.05, 3.63) is 0 Å². The fraction of sp³-hybridized carbons (Fsp3) is 0. The third kappa shape index (κ3) is 6450. The normalized spacial score (nSPS) is 11.1. The van der Waals surface area contributed by atoms with Crippen molar-refractivity contribution in [2.24, 2.45) is 17.2 Å². The van der Waals surface area contributed by atoms with E-state index in [1.54, 1.807) is 0 Å². The zero-order valence-corrected chi connectivity index (χ0v) is 6.62. The van der Waals surface area contributed by atoms with Gasteiger partial charge in [0, 0.05) is 0 Å². The summed E-state index contributed by atoms with van der Waals surface area (Å²) in [5, 5.41) is 16.7. The molecule has 0 fully saturated rings. The van der Waals surface area contributed by atoms with Crippen LogP contribution in [-0.4, -0.2) is 6.16 Å². The van der Waals surface area contributed by atoms with E-state index in [9.17, 15) is 0 Å². The zero-order chi connectivity index (χ0) is 8.08. The summed E-state index contributed by atoms with van der Waals surface area (Å²) >= 11 is -2.94. The monoisotopic (exact) mass is 319 g/mol. The summed E-state index contributed by atoms with van der Waals surface area (Å²) in [4.78, 5) is 8.33. The standard InChI is InChI=1S/CH2O3.4H2N.Pt/c2-1(3)4;;;;;/h(H2,2,3,4);4*1H2;/q;4*-1;+6/p-2. The molecule has 0 bridgehead atoms. The van der Waals surface area contributed by atoms with E-state index in [4.69, 9.17) is 32.2 Å². The first-order valence-electron chi connectivity index (χ1n) is 1.34. The number of nitrogens with two attached hydrogens (primary N) is 4. The Morgan fingerprint density at radius 3 is 1.11 bits per heavy atom. The molecule has 8 heteroatoms.